The van der Waals surface area contributed by atoms with E-state index in [4.69, 9.17) is 5.73 Å². The minimum Gasteiger partial charge on any atom is -0.370 e. The fraction of sp³-hybridized carbons (Fsp3) is 0.500. The van der Waals surface area contributed by atoms with E-state index >= 15 is 0 Å². The molecule has 2 aliphatic rings. The lowest BCUT2D eigenvalue weighted by Gasteiger charge is -2.32. The van der Waals surface area contributed by atoms with Crippen LogP contribution in [0.5, 0.6) is 0 Å². The molecular formula is C14H17F2N3. The smallest absolute Gasteiger partial charge is 0.192 e. The van der Waals surface area contributed by atoms with E-state index in [1.54, 1.807) is 0 Å². The first kappa shape index (κ1) is 12.4. The summed E-state index contributed by atoms with van der Waals surface area (Å²) in [6, 6.07) is 3.83. The molecule has 1 aromatic rings. The first-order valence-electron chi connectivity index (χ1n) is 6.70. The molecule has 3 rings (SSSR count). The van der Waals surface area contributed by atoms with Crippen LogP contribution in [0.2, 0.25) is 0 Å². The van der Waals surface area contributed by atoms with Gasteiger partial charge in [0.1, 0.15) is 11.6 Å². The van der Waals surface area contributed by atoms with E-state index in [0.717, 1.165) is 25.7 Å². The Morgan fingerprint density at radius 3 is 2.42 bits per heavy atom. The van der Waals surface area contributed by atoms with Crippen molar-refractivity contribution < 1.29 is 8.78 Å². The molecule has 0 aromatic heterocycles. The summed E-state index contributed by atoms with van der Waals surface area (Å²) in [6.45, 7) is 0.334. The molecule has 1 aliphatic heterocycles. The van der Waals surface area contributed by atoms with Gasteiger partial charge in [-0.3, -0.25) is 4.99 Å². The number of guanidine groups is 1. The van der Waals surface area contributed by atoms with Gasteiger partial charge in [0.25, 0.3) is 0 Å². The molecular weight excluding hydrogens is 248 g/mol. The quantitative estimate of drug-likeness (QED) is 0.893. The Bertz CT molecular complexity index is 489. The zero-order chi connectivity index (χ0) is 13.4. The molecule has 3 nitrogen and oxygen atoms in total. The zero-order valence-corrected chi connectivity index (χ0v) is 10.6. The van der Waals surface area contributed by atoms with Crippen molar-refractivity contribution in [3.63, 3.8) is 0 Å². The lowest BCUT2D eigenvalue weighted by atomic mass is 10.0. The number of hydrogen-bond donors (Lipinski definition) is 1. The predicted octanol–water partition coefficient (Wildman–Crippen LogP) is 2.58. The molecule has 102 valence electrons. The van der Waals surface area contributed by atoms with Crippen LogP contribution in [0.25, 0.3) is 0 Å². The number of aliphatic imine (C=N–C) groups is 1. The third kappa shape index (κ3) is 2.07. The van der Waals surface area contributed by atoms with E-state index in [1.807, 2.05) is 4.90 Å². The molecule has 5 heteroatoms. The van der Waals surface area contributed by atoms with Crippen LogP contribution in [-0.4, -0.2) is 23.4 Å². The average Bonchev–Trinajstić information content (AvgIpc) is 2.99. The second kappa shape index (κ2) is 4.79. The number of nitrogens with two attached hydrogens (primary N) is 1. The Labute approximate surface area is 111 Å². The van der Waals surface area contributed by atoms with Crippen molar-refractivity contribution in [2.75, 3.05) is 6.54 Å². The van der Waals surface area contributed by atoms with Crippen molar-refractivity contribution in [3.8, 4) is 0 Å². The van der Waals surface area contributed by atoms with Gasteiger partial charge >= 0.3 is 0 Å². The van der Waals surface area contributed by atoms with Crippen LogP contribution in [0.1, 0.15) is 37.3 Å². The van der Waals surface area contributed by atoms with Gasteiger partial charge in [0, 0.05) is 11.6 Å². The highest BCUT2D eigenvalue weighted by molar-refractivity contribution is 5.80. The van der Waals surface area contributed by atoms with Crippen LogP contribution in [-0.2, 0) is 0 Å². The molecule has 0 radical (unpaired) electrons. The molecule has 1 aromatic carbocycles. The van der Waals surface area contributed by atoms with E-state index in [2.05, 4.69) is 4.99 Å². The monoisotopic (exact) mass is 265 g/mol. The summed E-state index contributed by atoms with van der Waals surface area (Å²) >= 11 is 0. The second-order valence-corrected chi connectivity index (χ2v) is 5.20. The Balaban J connectivity index is 1.95. The predicted molar refractivity (Wildman–Crippen MR) is 69.7 cm³/mol. The maximum Gasteiger partial charge on any atom is 0.192 e. The minimum atomic E-state index is -0.516. The molecule has 1 atom stereocenters. The fourth-order valence-electron chi connectivity index (χ4n) is 3.19. The highest BCUT2D eigenvalue weighted by Crippen LogP contribution is 2.35. The first-order valence-corrected chi connectivity index (χ1v) is 6.70. The standard InChI is InChI=1S/C14H17F2N3/c15-10-6-3-7-11(16)13(10)12-8-18-14(17)19(12)9-4-1-2-5-9/h3,6-7,9,12H,1-2,4-5,8H2,(H2,17,18). The summed E-state index contributed by atoms with van der Waals surface area (Å²) in [5.41, 5.74) is 6.01. The van der Waals surface area contributed by atoms with Gasteiger partial charge < -0.3 is 10.6 Å². The number of halogens is 2. The molecule has 1 saturated carbocycles. The molecule has 1 unspecified atom stereocenters. The molecule has 1 fully saturated rings. The van der Waals surface area contributed by atoms with Crippen molar-refractivity contribution in [2.24, 2.45) is 10.7 Å². The molecule has 1 heterocycles. The third-order valence-electron chi connectivity index (χ3n) is 4.08. The maximum atomic E-state index is 13.9. The van der Waals surface area contributed by atoms with Crippen molar-refractivity contribution in [3.05, 3.63) is 35.4 Å². The molecule has 0 spiro atoms. The summed E-state index contributed by atoms with van der Waals surface area (Å²) in [4.78, 5) is 6.10. The number of nitrogens with zero attached hydrogens (tertiary/aromatic N) is 2. The molecule has 19 heavy (non-hydrogen) atoms. The number of benzene rings is 1. The van der Waals surface area contributed by atoms with Crippen LogP contribution in [0, 0.1) is 11.6 Å². The fourth-order valence-corrected chi connectivity index (χ4v) is 3.19. The summed E-state index contributed by atoms with van der Waals surface area (Å²) in [5, 5.41) is 0. The molecule has 1 aliphatic carbocycles. The summed E-state index contributed by atoms with van der Waals surface area (Å²) < 4.78 is 27.9. The molecule has 0 saturated heterocycles. The lowest BCUT2D eigenvalue weighted by molar-refractivity contribution is 0.252. The van der Waals surface area contributed by atoms with Gasteiger partial charge in [0.2, 0.25) is 0 Å². The van der Waals surface area contributed by atoms with E-state index in [-0.39, 0.29) is 11.6 Å². The van der Waals surface area contributed by atoms with Crippen LogP contribution >= 0.6 is 0 Å². The highest BCUT2D eigenvalue weighted by Gasteiger charge is 2.37. The van der Waals surface area contributed by atoms with Gasteiger partial charge in [-0.05, 0) is 25.0 Å². The number of rotatable bonds is 2. The first-order chi connectivity index (χ1) is 9.18. The molecule has 2 N–H and O–H groups in total. The Hall–Kier alpha value is -1.65. The van der Waals surface area contributed by atoms with Crippen LogP contribution in [0.3, 0.4) is 0 Å². The second-order valence-electron chi connectivity index (χ2n) is 5.20. The SMILES string of the molecule is NC1=NCC(c2c(F)cccc2F)N1C1CCCC1. The van der Waals surface area contributed by atoms with Gasteiger partial charge in [0.05, 0.1) is 12.6 Å². The van der Waals surface area contributed by atoms with E-state index < -0.39 is 17.7 Å². The summed E-state index contributed by atoms with van der Waals surface area (Å²) in [5.74, 6) is -0.615. The normalized spacial score (nSPS) is 24.0. The van der Waals surface area contributed by atoms with Crippen molar-refractivity contribution in [1.82, 2.24) is 4.90 Å². The lowest BCUT2D eigenvalue weighted by Crippen LogP contribution is -2.43. The van der Waals surface area contributed by atoms with E-state index in [1.165, 1.54) is 18.2 Å². The highest BCUT2D eigenvalue weighted by atomic mass is 19.1. The van der Waals surface area contributed by atoms with Gasteiger partial charge in [-0.1, -0.05) is 18.9 Å². The van der Waals surface area contributed by atoms with Gasteiger partial charge in [-0.25, -0.2) is 8.78 Å². The minimum absolute atomic E-state index is 0.0959. The Morgan fingerprint density at radius 1 is 1.16 bits per heavy atom. The number of hydrogen-bond acceptors (Lipinski definition) is 3. The Kier molecular flexibility index (Phi) is 3.12. The van der Waals surface area contributed by atoms with Crippen molar-refractivity contribution >= 4 is 5.96 Å². The van der Waals surface area contributed by atoms with Crippen molar-refractivity contribution in [2.45, 2.75) is 37.8 Å². The van der Waals surface area contributed by atoms with E-state index in [9.17, 15) is 8.78 Å². The summed E-state index contributed by atoms with van der Waals surface area (Å²) in [6.07, 6.45) is 4.31. The molecule has 0 amide bonds. The van der Waals surface area contributed by atoms with Gasteiger partial charge in [-0.2, -0.15) is 0 Å². The van der Waals surface area contributed by atoms with Crippen LogP contribution < -0.4 is 5.73 Å². The van der Waals surface area contributed by atoms with Crippen molar-refractivity contribution in [1.29, 1.82) is 0 Å². The summed E-state index contributed by atoms with van der Waals surface area (Å²) in [7, 11) is 0. The van der Waals surface area contributed by atoms with E-state index in [0.29, 0.717) is 12.5 Å². The van der Waals surface area contributed by atoms with Crippen LogP contribution in [0.15, 0.2) is 23.2 Å². The van der Waals surface area contributed by atoms with Gasteiger partial charge in [0.15, 0.2) is 5.96 Å². The Morgan fingerprint density at radius 2 is 1.79 bits per heavy atom. The van der Waals surface area contributed by atoms with Crippen LogP contribution in [0.4, 0.5) is 8.78 Å². The van der Waals surface area contributed by atoms with Gasteiger partial charge in [-0.15, -0.1) is 0 Å². The largest absolute Gasteiger partial charge is 0.370 e. The third-order valence-corrected chi connectivity index (χ3v) is 4.08. The average molecular weight is 265 g/mol. The zero-order valence-electron chi connectivity index (χ0n) is 10.6. The topological polar surface area (TPSA) is 41.6 Å². The molecule has 0 bridgehead atoms. The maximum absolute atomic E-state index is 13.9.